The van der Waals surface area contributed by atoms with Crippen molar-refractivity contribution < 1.29 is 14.0 Å². The number of amides is 1. The van der Waals surface area contributed by atoms with Gasteiger partial charge in [0.25, 0.3) is 5.91 Å². The zero-order valence-electron chi connectivity index (χ0n) is 22.7. The summed E-state index contributed by atoms with van der Waals surface area (Å²) in [6.45, 7) is 11.5. The maximum absolute atomic E-state index is 13.5. The first-order chi connectivity index (χ1) is 18.2. The Kier molecular flexibility index (Phi) is 8.14. The second-order valence-corrected chi connectivity index (χ2v) is 15.3. The molecule has 1 radical (unpaired) electrons. The van der Waals surface area contributed by atoms with Gasteiger partial charge in [-0.15, -0.1) is 11.3 Å². The minimum Gasteiger partial charge on any atom is -0.495 e. The normalized spacial score (nSPS) is 17.7. The Balaban J connectivity index is 1.32. The number of hydrogen-bond donors (Lipinski definition) is 0. The number of methoxy groups -OCH3 is 1. The Morgan fingerprint density at radius 2 is 1.82 bits per heavy atom. The van der Waals surface area contributed by atoms with Gasteiger partial charge < -0.3 is 19.0 Å². The third kappa shape index (κ3) is 5.50. The van der Waals surface area contributed by atoms with Gasteiger partial charge in [-0.1, -0.05) is 51.4 Å². The van der Waals surface area contributed by atoms with Crippen LogP contribution in [0.5, 0.6) is 5.75 Å². The summed E-state index contributed by atoms with van der Waals surface area (Å²) in [5.41, 5.74) is 4.93. The molecule has 0 spiro atoms. The van der Waals surface area contributed by atoms with E-state index in [1.54, 1.807) is 7.11 Å². The molecule has 2 aliphatic rings. The maximum Gasteiger partial charge on any atom is 0.270 e. The Bertz CT molecular complexity index is 1290. The van der Waals surface area contributed by atoms with E-state index in [1.807, 2.05) is 41.3 Å². The topological polar surface area (TPSA) is 54.9 Å². The number of ether oxygens (including phenoxy) is 1. The summed E-state index contributed by atoms with van der Waals surface area (Å²) in [6.07, 6.45) is 1.99. The molecule has 2 aromatic carbocycles. The van der Waals surface area contributed by atoms with Gasteiger partial charge in [0.15, 0.2) is 0 Å². The van der Waals surface area contributed by atoms with Crippen molar-refractivity contribution in [2.24, 2.45) is 0 Å². The Morgan fingerprint density at radius 1 is 1.08 bits per heavy atom. The van der Waals surface area contributed by atoms with Crippen LogP contribution in [0, 0.1) is 0 Å². The molecule has 0 saturated carbocycles. The van der Waals surface area contributed by atoms with Crippen molar-refractivity contribution in [3.05, 3.63) is 58.1 Å². The Hall–Kier alpha value is -2.39. The highest BCUT2D eigenvalue weighted by molar-refractivity contribution is 7.17. The van der Waals surface area contributed by atoms with Crippen molar-refractivity contribution in [2.75, 3.05) is 36.5 Å². The fourth-order valence-corrected chi connectivity index (χ4v) is 9.01. The van der Waals surface area contributed by atoms with Crippen molar-refractivity contribution in [1.29, 1.82) is 0 Å². The van der Waals surface area contributed by atoms with Crippen LogP contribution >= 0.6 is 22.9 Å². The van der Waals surface area contributed by atoms with Crippen molar-refractivity contribution in [3.8, 4) is 16.3 Å². The number of carbonyl (C=O) groups is 1. The highest BCUT2D eigenvalue weighted by atomic mass is 35.5. The Morgan fingerprint density at radius 3 is 2.50 bits per heavy atom. The number of hydrogen-bond acceptors (Lipinski definition) is 6. The van der Waals surface area contributed by atoms with E-state index in [2.05, 4.69) is 38.7 Å². The van der Waals surface area contributed by atoms with E-state index in [1.165, 1.54) is 11.3 Å². The fraction of sp³-hybridized carbons (Fsp3) is 0.448. The lowest BCUT2D eigenvalue weighted by atomic mass is 10.1. The van der Waals surface area contributed by atoms with Crippen molar-refractivity contribution in [1.82, 2.24) is 4.98 Å². The summed E-state index contributed by atoms with van der Waals surface area (Å²) in [5, 5.41) is 1.53. The predicted molar refractivity (Wildman–Crippen MR) is 159 cm³/mol. The van der Waals surface area contributed by atoms with Crippen LogP contribution in [0.4, 0.5) is 11.4 Å². The number of rotatable bonds is 8. The molecule has 1 atom stereocenters. The first-order valence-electron chi connectivity index (χ1n) is 13.3. The summed E-state index contributed by atoms with van der Waals surface area (Å²) in [5.74, 6) is 0.775. The Labute approximate surface area is 236 Å². The molecular formula is C29H35ClN3O3SSi. The average Bonchev–Trinajstić information content (AvgIpc) is 3.55. The van der Waals surface area contributed by atoms with Crippen molar-refractivity contribution >= 4 is 49.3 Å². The molecule has 2 aliphatic heterocycles. The van der Waals surface area contributed by atoms with Gasteiger partial charge in [0, 0.05) is 48.4 Å². The molecule has 0 N–H and O–H groups in total. The SMILES string of the molecule is COc1cc(N2CCc3nc(-c4ccc(Cl)cc4)sc3C2=O)ccc1N1CC[C@@H](O[Si](C(C)C)C(C)C)C1. The minimum atomic E-state index is -0.863. The van der Waals surface area contributed by atoms with Gasteiger partial charge in [-0.3, -0.25) is 4.79 Å². The van der Waals surface area contributed by atoms with E-state index >= 15 is 0 Å². The second-order valence-electron chi connectivity index (χ2n) is 10.6. The number of benzene rings is 2. The van der Waals surface area contributed by atoms with Gasteiger partial charge in [0.2, 0.25) is 9.04 Å². The quantitative estimate of drug-likeness (QED) is 0.272. The van der Waals surface area contributed by atoms with E-state index in [0.29, 0.717) is 27.5 Å². The van der Waals surface area contributed by atoms with E-state index < -0.39 is 9.04 Å². The fourth-order valence-electron chi connectivity index (χ4n) is 5.36. The number of aromatic nitrogens is 1. The average molecular weight is 569 g/mol. The van der Waals surface area contributed by atoms with E-state index in [4.69, 9.17) is 25.7 Å². The number of anilines is 2. The van der Waals surface area contributed by atoms with Gasteiger partial charge in [0.05, 0.1) is 24.6 Å². The third-order valence-electron chi connectivity index (χ3n) is 7.20. The van der Waals surface area contributed by atoms with Crippen LogP contribution in [0.25, 0.3) is 10.6 Å². The van der Waals surface area contributed by atoms with Gasteiger partial charge in [-0.2, -0.15) is 0 Å². The van der Waals surface area contributed by atoms with E-state index in [9.17, 15) is 4.79 Å². The number of thiazole rings is 1. The molecule has 201 valence electrons. The van der Waals surface area contributed by atoms with Gasteiger partial charge in [-0.25, -0.2) is 4.98 Å². The zero-order chi connectivity index (χ0) is 27.0. The van der Waals surface area contributed by atoms with Gasteiger partial charge >= 0.3 is 0 Å². The summed E-state index contributed by atoms with van der Waals surface area (Å²) in [7, 11) is 0.835. The van der Waals surface area contributed by atoms with Crippen LogP contribution in [-0.4, -0.2) is 52.8 Å². The molecule has 3 aromatic rings. The molecule has 0 unspecified atom stereocenters. The highest BCUT2D eigenvalue weighted by Crippen LogP contribution is 2.38. The first kappa shape index (κ1) is 27.2. The summed E-state index contributed by atoms with van der Waals surface area (Å²) < 4.78 is 12.4. The van der Waals surface area contributed by atoms with Crippen LogP contribution in [0.1, 0.15) is 49.5 Å². The number of halogens is 1. The summed E-state index contributed by atoms with van der Waals surface area (Å²) >= 11 is 7.49. The lowest BCUT2D eigenvalue weighted by Gasteiger charge is -2.29. The summed E-state index contributed by atoms with van der Waals surface area (Å²) in [6, 6.07) is 13.7. The molecule has 1 amide bonds. The lowest BCUT2D eigenvalue weighted by Crippen LogP contribution is -2.37. The van der Waals surface area contributed by atoms with Crippen LogP contribution in [0.3, 0.4) is 0 Å². The largest absolute Gasteiger partial charge is 0.495 e. The number of fused-ring (bicyclic) bond motifs is 1. The standard InChI is InChI=1S/C29H35ClN3O3SSi/c1-18(2)38(19(3)4)36-23-12-14-32(17-23)25-11-10-22(16-26(25)35-5)33-15-13-24-27(29(33)34)37-28(31-24)20-6-8-21(30)9-7-20/h6-11,16,18-19,23H,12-15,17H2,1-5H3/t23-/m1/s1. The van der Waals surface area contributed by atoms with Crippen molar-refractivity contribution in [3.63, 3.8) is 0 Å². The monoisotopic (exact) mass is 568 g/mol. The predicted octanol–water partition coefficient (Wildman–Crippen LogP) is 7.08. The van der Waals surface area contributed by atoms with Crippen LogP contribution < -0.4 is 14.5 Å². The number of carbonyl (C=O) groups excluding carboxylic acids is 1. The molecule has 0 aliphatic carbocycles. The second kappa shape index (κ2) is 11.4. The molecule has 0 bridgehead atoms. The highest BCUT2D eigenvalue weighted by Gasteiger charge is 2.33. The van der Waals surface area contributed by atoms with E-state index in [-0.39, 0.29) is 12.0 Å². The molecule has 1 fully saturated rings. The molecule has 3 heterocycles. The smallest absolute Gasteiger partial charge is 0.270 e. The van der Waals surface area contributed by atoms with Crippen LogP contribution in [0.2, 0.25) is 16.1 Å². The lowest BCUT2D eigenvalue weighted by molar-refractivity contribution is 0.0984. The van der Waals surface area contributed by atoms with Gasteiger partial charge in [0.1, 0.15) is 15.6 Å². The molecule has 1 aromatic heterocycles. The van der Waals surface area contributed by atoms with Gasteiger partial charge in [-0.05, 0) is 41.8 Å². The number of nitrogens with zero attached hydrogens (tertiary/aromatic N) is 3. The van der Waals surface area contributed by atoms with Crippen LogP contribution in [0.15, 0.2) is 42.5 Å². The zero-order valence-corrected chi connectivity index (χ0v) is 25.2. The molecule has 1 saturated heterocycles. The molecular weight excluding hydrogens is 534 g/mol. The maximum atomic E-state index is 13.5. The summed E-state index contributed by atoms with van der Waals surface area (Å²) in [4.78, 5) is 23.2. The van der Waals surface area contributed by atoms with Crippen molar-refractivity contribution in [2.45, 2.75) is 57.7 Å². The molecule has 6 nitrogen and oxygen atoms in total. The van der Waals surface area contributed by atoms with E-state index in [0.717, 1.165) is 59.3 Å². The van der Waals surface area contributed by atoms with Crippen LogP contribution in [-0.2, 0) is 10.8 Å². The third-order valence-corrected chi connectivity index (χ3v) is 11.5. The molecule has 9 heteroatoms. The molecule has 5 rings (SSSR count). The minimum absolute atomic E-state index is 0.00884. The molecule has 38 heavy (non-hydrogen) atoms. The first-order valence-corrected chi connectivity index (χ1v) is 16.0.